The van der Waals surface area contributed by atoms with Crippen molar-refractivity contribution >= 4 is 33.9 Å². The summed E-state index contributed by atoms with van der Waals surface area (Å²) >= 11 is 0. The fraction of sp³-hybridized carbons (Fsp3) is 0.348. The van der Waals surface area contributed by atoms with Crippen molar-refractivity contribution < 1.29 is 13.9 Å². The van der Waals surface area contributed by atoms with E-state index in [1.54, 1.807) is 18.2 Å². The lowest BCUT2D eigenvalue weighted by Gasteiger charge is -2.35. The van der Waals surface area contributed by atoms with Gasteiger partial charge in [-0.3, -0.25) is 4.79 Å². The van der Waals surface area contributed by atoms with Gasteiger partial charge in [-0.2, -0.15) is 0 Å². The zero-order chi connectivity index (χ0) is 22.8. The number of primary amides is 1. The molecule has 0 bridgehead atoms. The van der Waals surface area contributed by atoms with E-state index in [0.717, 1.165) is 37.4 Å². The third kappa shape index (κ3) is 4.29. The number of nitrogens with zero attached hydrogens (tertiary/aromatic N) is 4. The highest BCUT2D eigenvalue weighted by molar-refractivity contribution is 6.07. The van der Waals surface area contributed by atoms with Crippen LogP contribution in [0.4, 0.5) is 21.5 Å². The van der Waals surface area contributed by atoms with Crippen molar-refractivity contribution in [3.05, 3.63) is 47.4 Å². The smallest absolute Gasteiger partial charge is 0.271 e. The van der Waals surface area contributed by atoms with Crippen molar-refractivity contribution in [1.82, 2.24) is 15.1 Å². The Labute approximate surface area is 186 Å². The Kier molecular flexibility index (Phi) is 6.09. The second-order valence-electron chi connectivity index (χ2n) is 7.96. The first kappa shape index (κ1) is 21.8. The van der Waals surface area contributed by atoms with Crippen molar-refractivity contribution in [2.75, 3.05) is 50.1 Å². The fourth-order valence-electron chi connectivity index (χ4n) is 3.84. The summed E-state index contributed by atoms with van der Waals surface area (Å²) in [5.41, 5.74) is 8.28. The van der Waals surface area contributed by atoms with Gasteiger partial charge in [-0.15, -0.1) is 10.2 Å². The number of nitrogens with two attached hydrogens (primary N) is 1. The summed E-state index contributed by atoms with van der Waals surface area (Å²) < 4.78 is 20.5. The van der Waals surface area contributed by atoms with E-state index in [1.807, 2.05) is 19.9 Å². The monoisotopic (exact) mass is 438 g/mol. The number of piperazine rings is 1. The largest absolute Gasteiger partial charge is 0.492 e. The van der Waals surface area contributed by atoms with Crippen LogP contribution in [-0.2, 0) is 0 Å². The van der Waals surface area contributed by atoms with Crippen molar-refractivity contribution in [3.8, 4) is 5.75 Å². The number of aromatic nitrogens is 2. The Hall–Kier alpha value is -3.46. The Morgan fingerprint density at radius 3 is 2.59 bits per heavy atom. The van der Waals surface area contributed by atoms with E-state index in [-0.39, 0.29) is 11.4 Å². The van der Waals surface area contributed by atoms with Gasteiger partial charge >= 0.3 is 0 Å². The number of hydrogen-bond donors (Lipinski definition) is 2. The van der Waals surface area contributed by atoms with Crippen LogP contribution in [0.15, 0.2) is 30.3 Å². The highest BCUT2D eigenvalue weighted by Crippen LogP contribution is 2.38. The second kappa shape index (κ2) is 8.96. The third-order valence-corrected chi connectivity index (χ3v) is 5.60. The molecule has 3 aromatic rings. The van der Waals surface area contributed by atoms with E-state index in [9.17, 15) is 9.18 Å². The quantitative estimate of drug-likeness (QED) is 0.611. The van der Waals surface area contributed by atoms with Crippen molar-refractivity contribution in [2.45, 2.75) is 13.8 Å². The topological polar surface area (TPSA) is 96.6 Å². The van der Waals surface area contributed by atoms with Gasteiger partial charge in [0.1, 0.15) is 11.6 Å². The first-order chi connectivity index (χ1) is 15.4. The molecular weight excluding hydrogens is 411 g/mol. The SMILES string of the molecule is CCOc1cc2nnc(C(N)=O)c(Nc3ccc(C)cc3F)c2cc1N1CCN(C)CC1. The second-order valence-corrected chi connectivity index (χ2v) is 7.96. The number of ether oxygens (including phenoxy) is 1. The van der Waals surface area contributed by atoms with Crippen LogP contribution in [0.25, 0.3) is 10.9 Å². The molecule has 1 saturated heterocycles. The molecule has 2 heterocycles. The van der Waals surface area contributed by atoms with E-state index < -0.39 is 11.7 Å². The molecule has 3 N–H and O–H groups in total. The van der Waals surface area contributed by atoms with E-state index in [1.165, 1.54) is 6.07 Å². The number of hydrogen-bond acceptors (Lipinski definition) is 7. The maximum Gasteiger partial charge on any atom is 0.271 e. The molecule has 1 fully saturated rings. The first-order valence-electron chi connectivity index (χ1n) is 10.6. The molecule has 0 spiro atoms. The van der Waals surface area contributed by atoms with Gasteiger partial charge in [-0.1, -0.05) is 6.07 Å². The van der Waals surface area contributed by atoms with E-state index in [4.69, 9.17) is 10.5 Å². The van der Waals surface area contributed by atoms with Crippen molar-refractivity contribution in [2.24, 2.45) is 5.73 Å². The van der Waals surface area contributed by atoms with Crippen molar-refractivity contribution in [3.63, 3.8) is 0 Å². The Bertz CT molecular complexity index is 1160. The molecule has 2 aromatic carbocycles. The van der Waals surface area contributed by atoms with Gasteiger partial charge < -0.3 is 25.6 Å². The van der Waals surface area contributed by atoms with Crippen LogP contribution in [0, 0.1) is 12.7 Å². The number of amides is 1. The highest BCUT2D eigenvalue weighted by Gasteiger charge is 2.23. The molecule has 0 unspecified atom stereocenters. The molecule has 4 rings (SSSR count). The minimum atomic E-state index is -0.746. The summed E-state index contributed by atoms with van der Waals surface area (Å²) in [5.74, 6) is -0.488. The molecule has 1 aliphatic heterocycles. The number of nitrogens with one attached hydrogen (secondary N) is 1. The number of fused-ring (bicyclic) bond motifs is 1. The number of carbonyl (C=O) groups is 1. The number of aryl methyl sites for hydroxylation is 1. The lowest BCUT2D eigenvalue weighted by molar-refractivity contribution is 0.0995. The molecule has 0 atom stereocenters. The molecule has 9 heteroatoms. The maximum atomic E-state index is 14.6. The maximum absolute atomic E-state index is 14.6. The highest BCUT2D eigenvalue weighted by atomic mass is 19.1. The molecule has 8 nitrogen and oxygen atoms in total. The standard InChI is InChI=1S/C23H27FN6O2/c1-4-32-20-13-18-15(12-19(20)30-9-7-29(3)8-10-30)21(22(23(25)31)28-27-18)26-17-6-5-14(2)11-16(17)24/h5-6,11-13H,4,7-10H2,1-3H3,(H2,25,31)(H,26,27). The van der Waals surface area contributed by atoms with E-state index in [0.29, 0.717) is 28.9 Å². The molecule has 168 valence electrons. The van der Waals surface area contributed by atoms with Gasteiger partial charge in [0.2, 0.25) is 0 Å². The van der Waals surface area contributed by atoms with Crippen LogP contribution in [0.3, 0.4) is 0 Å². The van der Waals surface area contributed by atoms with Gasteiger partial charge in [0.25, 0.3) is 5.91 Å². The Morgan fingerprint density at radius 2 is 1.94 bits per heavy atom. The molecule has 0 radical (unpaired) electrons. The zero-order valence-electron chi connectivity index (χ0n) is 18.5. The number of halogens is 1. The minimum absolute atomic E-state index is 0.0500. The van der Waals surface area contributed by atoms with Crippen LogP contribution in [0.2, 0.25) is 0 Å². The van der Waals surface area contributed by atoms with Crippen LogP contribution >= 0.6 is 0 Å². The van der Waals surface area contributed by atoms with Crippen LogP contribution < -0.4 is 20.7 Å². The molecule has 32 heavy (non-hydrogen) atoms. The fourth-order valence-corrected chi connectivity index (χ4v) is 3.84. The normalized spacial score (nSPS) is 14.6. The van der Waals surface area contributed by atoms with E-state index in [2.05, 4.69) is 32.4 Å². The summed E-state index contributed by atoms with van der Waals surface area (Å²) in [4.78, 5) is 16.6. The van der Waals surface area contributed by atoms with Gasteiger partial charge in [0.15, 0.2) is 5.69 Å². The van der Waals surface area contributed by atoms with Crippen LogP contribution in [-0.4, -0.2) is 60.8 Å². The molecule has 1 aliphatic rings. The van der Waals surface area contributed by atoms with Gasteiger partial charge in [0, 0.05) is 37.6 Å². The Morgan fingerprint density at radius 1 is 1.19 bits per heavy atom. The number of anilines is 3. The lowest BCUT2D eigenvalue weighted by atomic mass is 10.1. The predicted octanol–water partition coefficient (Wildman–Crippen LogP) is 3.07. The summed E-state index contributed by atoms with van der Waals surface area (Å²) in [6, 6.07) is 8.56. The van der Waals surface area contributed by atoms with E-state index >= 15 is 0 Å². The summed E-state index contributed by atoms with van der Waals surface area (Å²) in [6.45, 7) is 7.74. The van der Waals surface area contributed by atoms with Crippen LogP contribution in [0.1, 0.15) is 23.0 Å². The first-order valence-corrected chi connectivity index (χ1v) is 10.6. The molecular formula is C23H27FN6O2. The van der Waals surface area contributed by atoms with Gasteiger partial charge in [0.05, 0.1) is 29.2 Å². The van der Waals surface area contributed by atoms with Gasteiger partial charge in [-0.25, -0.2) is 4.39 Å². The molecule has 1 amide bonds. The average molecular weight is 439 g/mol. The number of rotatable bonds is 6. The minimum Gasteiger partial charge on any atom is -0.492 e. The summed E-state index contributed by atoms with van der Waals surface area (Å²) in [6.07, 6.45) is 0. The predicted molar refractivity (Wildman–Crippen MR) is 123 cm³/mol. The Balaban J connectivity index is 1.88. The number of benzene rings is 2. The number of likely N-dealkylation sites (N-methyl/N-ethyl adjacent to an activating group) is 1. The van der Waals surface area contributed by atoms with Crippen molar-refractivity contribution in [1.29, 1.82) is 0 Å². The zero-order valence-corrected chi connectivity index (χ0v) is 18.5. The summed E-state index contributed by atoms with van der Waals surface area (Å²) in [5, 5.41) is 11.9. The lowest BCUT2D eigenvalue weighted by Crippen LogP contribution is -2.44. The summed E-state index contributed by atoms with van der Waals surface area (Å²) in [7, 11) is 2.09. The molecule has 0 aliphatic carbocycles. The molecule has 1 aromatic heterocycles. The number of carbonyl (C=O) groups excluding carboxylic acids is 1. The average Bonchev–Trinajstić information content (AvgIpc) is 2.76. The van der Waals surface area contributed by atoms with Gasteiger partial charge in [-0.05, 0) is 44.7 Å². The molecule has 0 saturated carbocycles. The third-order valence-electron chi connectivity index (χ3n) is 5.60. The van der Waals surface area contributed by atoms with Crippen LogP contribution in [0.5, 0.6) is 5.75 Å².